The highest BCUT2D eigenvalue weighted by atomic mass is 19.1. The van der Waals surface area contributed by atoms with Crippen LogP contribution in [0.4, 0.5) is 15.8 Å². The summed E-state index contributed by atoms with van der Waals surface area (Å²) in [6.07, 6.45) is 0. The van der Waals surface area contributed by atoms with Crippen molar-refractivity contribution in [2.24, 2.45) is 0 Å². The third-order valence-electron chi connectivity index (χ3n) is 2.93. The monoisotopic (exact) mass is 285 g/mol. The van der Waals surface area contributed by atoms with Crippen LogP contribution in [0.15, 0.2) is 24.3 Å². The number of pyridine rings is 1. The summed E-state index contributed by atoms with van der Waals surface area (Å²) in [5, 5.41) is 20.8. The molecule has 0 spiro atoms. The molecule has 6 heteroatoms. The van der Waals surface area contributed by atoms with E-state index in [-0.39, 0.29) is 11.3 Å². The summed E-state index contributed by atoms with van der Waals surface area (Å²) >= 11 is 0. The van der Waals surface area contributed by atoms with Gasteiger partial charge in [0.25, 0.3) is 0 Å². The highest BCUT2D eigenvalue weighted by Crippen LogP contribution is 2.25. The maximum atomic E-state index is 13.9. The largest absolute Gasteiger partial charge is 0.478 e. The predicted molar refractivity (Wildman–Crippen MR) is 75.1 cm³/mol. The van der Waals surface area contributed by atoms with Crippen LogP contribution in [-0.4, -0.2) is 16.1 Å². The molecule has 0 atom stereocenters. The first kappa shape index (κ1) is 14.5. The molecule has 21 heavy (non-hydrogen) atoms. The van der Waals surface area contributed by atoms with Crippen LogP contribution in [0.3, 0.4) is 0 Å². The lowest BCUT2D eigenvalue weighted by atomic mass is 10.1. The van der Waals surface area contributed by atoms with Gasteiger partial charge in [-0.25, -0.2) is 9.18 Å². The number of aryl methyl sites for hydroxylation is 2. The van der Waals surface area contributed by atoms with Gasteiger partial charge in [0.15, 0.2) is 0 Å². The Balaban J connectivity index is 2.44. The number of aromatic carboxylic acids is 1. The molecule has 0 bridgehead atoms. The maximum absolute atomic E-state index is 13.9. The van der Waals surface area contributed by atoms with Gasteiger partial charge in [0.1, 0.15) is 11.9 Å². The van der Waals surface area contributed by atoms with E-state index in [9.17, 15) is 9.18 Å². The molecular formula is C15H12FN3O2. The number of carboxylic acids is 1. The number of anilines is 2. The molecule has 0 aliphatic heterocycles. The van der Waals surface area contributed by atoms with Crippen molar-refractivity contribution in [1.82, 2.24) is 4.98 Å². The summed E-state index contributed by atoms with van der Waals surface area (Å²) in [7, 11) is 0. The number of carboxylic acid groups (broad SMARTS) is 1. The zero-order chi connectivity index (χ0) is 15.6. The average Bonchev–Trinajstić information content (AvgIpc) is 2.40. The van der Waals surface area contributed by atoms with E-state index in [0.717, 1.165) is 6.07 Å². The van der Waals surface area contributed by atoms with E-state index in [1.807, 2.05) is 6.07 Å². The first-order valence-corrected chi connectivity index (χ1v) is 6.10. The SMILES string of the molecule is Cc1cc(Nc2ccc(C(=O)O)cc2F)c(C#N)c(C)n1. The van der Waals surface area contributed by atoms with Crippen molar-refractivity contribution in [3.05, 3.63) is 52.6 Å². The van der Waals surface area contributed by atoms with Crippen molar-refractivity contribution < 1.29 is 14.3 Å². The number of aromatic nitrogens is 1. The molecule has 1 heterocycles. The molecule has 0 amide bonds. The normalized spacial score (nSPS) is 10.0. The van der Waals surface area contributed by atoms with Crippen LogP contribution in [0, 0.1) is 31.0 Å². The van der Waals surface area contributed by atoms with Crippen LogP contribution in [0.2, 0.25) is 0 Å². The van der Waals surface area contributed by atoms with Gasteiger partial charge in [-0.05, 0) is 38.1 Å². The van der Waals surface area contributed by atoms with Gasteiger partial charge in [0.05, 0.1) is 28.2 Å². The molecule has 1 aromatic heterocycles. The molecular weight excluding hydrogens is 273 g/mol. The highest BCUT2D eigenvalue weighted by Gasteiger charge is 2.12. The van der Waals surface area contributed by atoms with Gasteiger partial charge in [-0.15, -0.1) is 0 Å². The molecule has 2 rings (SSSR count). The first-order valence-electron chi connectivity index (χ1n) is 6.10. The Bertz CT molecular complexity index is 766. The van der Waals surface area contributed by atoms with Crippen molar-refractivity contribution in [2.45, 2.75) is 13.8 Å². The summed E-state index contributed by atoms with van der Waals surface area (Å²) in [6, 6.07) is 7.20. The Kier molecular flexibility index (Phi) is 3.85. The molecule has 106 valence electrons. The highest BCUT2D eigenvalue weighted by molar-refractivity contribution is 5.88. The summed E-state index contributed by atoms with van der Waals surface area (Å²) < 4.78 is 13.9. The van der Waals surface area contributed by atoms with E-state index in [1.54, 1.807) is 19.9 Å². The first-order chi connectivity index (χ1) is 9.92. The Labute approximate surface area is 120 Å². The standard InChI is InChI=1S/C15H12FN3O2/c1-8-5-14(11(7-17)9(2)18-8)19-13-4-3-10(15(20)21)6-12(13)16/h3-6H,1-2H3,(H,18,19)(H,20,21). The molecule has 2 aromatic rings. The lowest BCUT2D eigenvalue weighted by Crippen LogP contribution is -2.03. The fraction of sp³-hybridized carbons (Fsp3) is 0.133. The number of carbonyl (C=O) groups is 1. The zero-order valence-corrected chi connectivity index (χ0v) is 11.4. The minimum absolute atomic E-state index is 0.0986. The number of nitrogens with one attached hydrogen (secondary N) is 1. The molecule has 0 radical (unpaired) electrons. The molecule has 0 fully saturated rings. The second kappa shape index (κ2) is 5.59. The molecule has 0 unspecified atom stereocenters. The Morgan fingerprint density at radius 2 is 2.05 bits per heavy atom. The van der Waals surface area contributed by atoms with Gasteiger partial charge in [0.2, 0.25) is 0 Å². The Morgan fingerprint density at radius 1 is 1.33 bits per heavy atom. The third kappa shape index (κ3) is 2.98. The minimum Gasteiger partial charge on any atom is -0.478 e. The molecule has 0 aliphatic rings. The molecule has 1 aromatic carbocycles. The van der Waals surface area contributed by atoms with Gasteiger partial charge in [-0.1, -0.05) is 0 Å². The van der Waals surface area contributed by atoms with Crippen molar-refractivity contribution in [3.8, 4) is 6.07 Å². The number of hydrogen-bond acceptors (Lipinski definition) is 4. The maximum Gasteiger partial charge on any atom is 0.335 e. The van der Waals surface area contributed by atoms with Gasteiger partial charge in [0, 0.05) is 5.69 Å². The summed E-state index contributed by atoms with van der Waals surface area (Å²) in [6.45, 7) is 3.46. The van der Waals surface area contributed by atoms with Crippen LogP contribution in [-0.2, 0) is 0 Å². The Hall–Kier alpha value is -2.94. The van der Waals surface area contributed by atoms with E-state index in [1.165, 1.54) is 12.1 Å². The van der Waals surface area contributed by atoms with Crippen LogP contribution >= 0.6 is 0 Å². The van der Waals surface area contributed by atoms with E-state index in [0.29, 0.717) is 22.6 Å². The second-order valence-corrected chi connectivity index (χ2v) is 4.51. The number of rotatable bonds is 3. The second-order valence-electron chi connectivity index (χ2n) is 4.51. The van der Waals surface area contributed by atoms with Gasteiger partial charge in [-0.3, -0.25) is 4.98 Å². The molecule has 5 nitrogen and oxygen atoms in total. The number of nitrogens with zero attached hydrogens (tertiary/aromatic N) is 2. The fourth-order valence-corrected chi connectivity index (χ4v) is 1.96. The van der Waals surface area contributed by atoms with E-state index >= 15 is 0 Å². The van der Waals surface area contributed by atoms with Crippen LogP contribution in [0.5, 0.6) is 0 Å². The third-order valence-corrected chi connectivity index (χ3v) is 2.93. The lowest BCUT2D eigenvalue weighted by Gasteiger charge is -2.12. The quantitative estimate of drug-likeness (QED) is 0.904. The number of halogens is 1. The minimum atomic E-state index is -1.20. The lowest BCUT2D eigenvalue weighted by molar-refractivity contribution is 0.0696. The van der Waals surface area contributed by atoms with Crippen LogP contribution < -0.4 is 5.32 Å². The smallest absolute Gasteiger partial charge is 0.335 e. The van der Waals surface area contributed by atoms with Gasteiger partial charge >= 0.3 is 5.97 Å². The van der Waals surface area contributed by atoms with E-state index in [2.05, 4.69) is 10.3 Å². The van der Waals surface area contributed by atoms with Crippen LogP contribution in [0.1, 0.15) is 27.3 Å². The van der Waals surface area contributed by atoms with Crippen molar-refractivity contribution in [1.29, 1.82) is 5.26 Å². The van der Waals surface area contributed by atoms with E-state index in [4.69, 9.17) is 10.4 Å². The average molecular weight is 285 g/mol. The molecule has 0 saturated carbocycles. The van der Waals surface area contributed by atoms with E-state index < -0.39 is 11.8 Å². The fourth-order valence-electron chi connectivity index (χ4n) is 1.96. The molecule has 0 aliphatic carbocycles. The van der Waals surface area contributed by atoms with Crippen molar-refractivity contribution in [3.63, 3.8) is 0 Å². The number of benzene rings is 1. The molecule has 2 N–H and O–H groups in total. The predicted octanol–water partition coefficient (Wildman–Crippen LogP) is 3.15. The van der Waals surface area contributed by atoms with Gasteiger partial charge in [-0.2, -0.15) is 5.26 Å². The number of nitriles is 1. The summed E-state index contributed by atoms with van der Waals surface area (Å²) in [5.41, 5.74) is 1.95. The van der Waals surface area contributed by atoms with Crippen molar-refractivity contribution in [2.75, 3.05) is 5.32 Å². The van der Waals surface area contributed by atoms with Gasteiger partial charge < -0.3 is 10.4 Å². The van der Waals surface area contributed by atoms with Crippen molar-refractivity contribution >= 4 is 17.3 Å². The summed E-state index contributed by atoms with van der Waals surface area (Å²) in [5.74, 6) is -1.90. The Morgan fingerprint density at radius 3 is 2.62 bits per heavy atom. The topological polar surface area (TPSA) is 86.0 Å². The summed E-state index contributed by atoms with van der Waals surface area (Å²) in [4.78, 5) is 14.9. The van der Waals surface area contributed by atoms with Crippen LogP contribution in [0.25, 0.3) is 0 Å². The zero-order valence-electron chi connectivity index (χ0n) is 11.4. The number of hydrogen-bond donors (Lipinski definition) is 2. The molecule has 0 saturated heterocycles.